The molecule has 4 rings (SSSR count). The number of pyridine rings is 1. The molecule has 1 aliphatic rings. The highest BCUT2D eigenvalue weighted by atomic mass is 19.4. The maximum absolute atomic E-state index is 13.3. The quantitative estimate of drug-likeness (QED) is 0.231. The van der Waals surface area contributed by atoms with Crippen LogP contribution in [0.3, 0.4) is 0 Å². The fourth-order valence-corrected chi connectivity index (χ4v) is 4.30. The summed E-state index contributed by atoms with van der Waals surface area (Å²) in [5.41, 5.74) is 0.464. The van der Waals surface area contributed by atoms with Crippen LogP contribution in [0.5, 0.6) is 5.75 Å². The number of nitrogens with zero attached hydrogens (tertiary/aromatic N) is 2. The summed E-state index contributed by atoms with van der Waals surface area (Å²) in [4.78, 5) is 31.8. The Morgan fingerprint density at radius 3 is 2.47 bits per heavy atom. The van der Waals surface area contributed by atoms with Gasteiger partial charge in [0.2, 0.25) is 0 Å². The number of carbonyl (C=O) groups is 2. The molecule has 38 heavy (non-hydrogen) atoms. The van der Waals surface area contributed by atoms with E-state index >= 15 is 0 Å². The molecular formula is C29H27F3N2O4. The van der Waals surface area contributed by atoms with Crippen LogP contribution >= 0.6 is 0 Å². The normalized spacial score (nSPS) is 17.3. The molecule has 0 saturated carbocycles. The fraction of sp³-hybridized carbons (Fsp3) is 0.276. The van der Waals surface area contributed by atoms with Gasteiger partial charge in [-0.15, -0.1) is 0 Å². The van der Waals surface area contributed by atoms with Crippen molar-refractivity contribution in [1.82, 2.24) is 9.88 Å². The van der Waals surface area contributed by atoms with Gasteiger partial charge in [0.15, 0.2) is 0 Å². The number of Topliss-reactive ketones (excluding diaryl/α,β-unsaturated/α-hetero) is 1. The first kappa shape index (κ1) is 26.9. The highest BCUT2D eigenvalue weighted by Crippen LogP contribution is 2.40. The van der Waals surface area contributed by atoms with E-state index in [9.17, 15) is 27.9 Å². The number of ketones is 1. The molecule has 198 valence electrons. The van der Waals surface area contributed by atoms with Crippen molar-refractivity contribution in [1.29, 1.82) is 0 Å². The first-order chi connectivity index (χ1) is 18.0. The topological polar surface area (TPSA) is 79.7 Å². The smallest absolute Gasteiger partial charge is 0.416 e. The number of aromatic nitrogens is 1. The van der Waals surface area contributed by atoms with E-state index < -0.39 is 35.2 Å². The average molecular weight is 525 g/mol. The van der Waals surface area contributed by atoms with Gasteiger partial charge in [0, 0.05) is 18.3 Å². The molecule has 0 bridgehead atoms. The van der Waals surface area contributed by atoms with Gasteiger partial charge in [-0.1, -0.05) is 32.0 Å². The van der Waals surface area contributed by atoms with E-state index in [1.807, 2.05) is 13.8 Å². The fourth-order valence-electron chi connectivity index (χ4n) is 4.30. The molecule has 9 heteroatoms. The van der Waals surface area contributed by atoms with Crippen molar-refractivity contribution in [3.8, 4) is 5.75 Å². The van der Waals surface area contributed by atoms with Crippen LogP contribution in [0.25, 0.3) is 5.76 Å². The number of hydrogen-bond acceptors (Lipinski definition) is 5. The van der Waals surface area contributed by atoms with Crippen LogP contribution in [0.1, 0.15) is 47.8 Å². The molecule has 1 aliphatic heterocycles. The van der Waals surface area contributed by atoms with E-state index in [0.717, 1.165) is 22.6 Å². The Morgan fingerprint density at radius 2 is 1.84 bits per heavy atom. The molecule has 1 amide bonds. The Balaban J connectivity index is 1.77. The van der Waals surface area contributed by atoms with E-state index in [4.69, 9.17) is 4.74 Å². The molecule has 6 nitrogen and oxygen atoms in total. The monoisotopic (exact) mass is 524 g/mol. The standard InChI is InChI=1S/C29H27F3N2O4/c1-17(2)16-38-23-11-10-20(13-18(23)3)26(35)24-25(22-9-4-5-12-33-22)34(28(37)27(24)36)15-19-7-6-8-21(14-19)29(30,31)32/h4-14,17,25,35H,15-16H2,1-3H3/b26-24+. The van der Waals surface area contributed by atoms with Crippen LogP contribution in [0.2, 0.25) is 0 Å². The summed E-state index contributed by atoms with van der Waals surface area (Å²) < 4.78 is 45.6. The molecule has 3 aromatic rings. The molecule has 0 radical (unpaired) electrons. The molecule has 2 heterocycles. The molecule has 2 aromatic carbocycles. The zero-order chi connectivity index (χ0) is 27.6. The SMILES string of the molecule is Cc1cc(/C(O)=C2\C(=O)C(=O)N(Cc3cccc(C(F)(F)F)c3)C2c2ccccn2)ccc1OCC(C)C. The van der Waals surface area contributed by atoms with Crippen LogP contribution in [-0.4, -0.2) is 33.3 Å². The van der Waals surface area contributed by atoms with Gasteiger partial charge in [-0.3, -0.25) is 14.6 Å². The second kappa shape index (κ2) is 10.7. The summed E-state index contributed by atoms with van der Waals surface area (Å²) in [5, 5.41) is 11.3. The summed E-state index contributed by atoms with van der Waals surface area (Å²) in [6.07, 6.45) is -3.09. The highest BCUT2D eigenvalue weighted by Gasteiger charge is 2.47. The summed E-state index contributed by atoms with van der Waals surface area (Å²) in [6, 6.07) is 13.3. The molecule has 1 fully saturated rings. The molecule has 1 atom stereocenters. The maximum atomic E-state index is 13.3. The number of carbonyl (C=O) groups excluding carboxylic acids is 2. The Hall–Kier alpha value is -4.14. The number of aryl methyl sites for hydroxylation is 1. The van der Waals surface area contributed by atoms with Gasteiger partial charge < -0.3 is 14.7 Å². The number of alkyl halides is 3. The molecule has 0 aliphatic carbocycles. The van der Waals surface area contributed by atoms with Crippen molar-refractivity contribution in [3.05, 3.63) is 100 Å². The van der Waals surface area contributed by atoms with Gasteiger partial charge in [0.25, 0.3) is 11.7 Å². The van der Waals surface area contributed by atoms with E-state index in [2.05, 4.69) is 4.98 Å². The predicted molar refractivity (Wildman–Crippen MR) is 135 cm³/mol. The third kappa shape index (κ3) is 5.56. The number of amides is 1. The Morgan fingerprint density at radius 1 is 1.08 bits per heavy atom. The van der Waals surface area contributed by atoms with E-state index in [-0.39, 0.29) is 17.7 Å². The predicted octanol–water partition coefficient (Wildman–Crippen LogP) is 6.07. The lowest BCUT2D eigenvalue weighted by atomic mass is 9.97. The van der Waals surface area contributed by atoms with Crippen molar-refractivity contribution >= 4 is 17.4 Å². The van der Waals surface area contributed by atoms with Crippen molar-refractivity contribution < 1.29 is 32.6 Å². The number of ether oxygens (including phenoxy) is 1. The van der Waals surface area contributed by atoms with Crippen LogP contribution < -0.4 is 4.74 Å². The summed E-state index contributed by atoms with van der Waals surface area (Å²) in [5.74, 6) is -1.34. The van der Waals surface area contributed by atoms with E-state index in [0.29, 0.717) is 29.5 Å². The highest BCUT2D eigenvalue weighted by molar-refractivity contribution is 6.46. The Kier molecular flexibility index (Phi) is 7.57. The zero-order valence-corrected chi connectivity index (χ0v) is 21.1. The molecule has 1 unspecified atom stereocenters. The summed E-state index contributed by atoms with van der Waals surface area (Å²) in [6.45, 7) is 6.06. The summed E-state index contributed by atoms with van der Waals surface area (Å²) >= 11 is 0. The lowest BCUT2D eigenvalue weighted by Gasteiger charge is -2.25. The molecule has 1 N–H and O–H groups in total. The van der Waals surface area contributed by atoms with Gasteiger partial charge >= 0.3 is 6.18 Å². The van der Waals surface area contributed by atoms with Crippen LogP contribution in [0, 0.1) is 12.8 Å². The van der Waals surface area contributed by atoms with Crippen molar-refractivity contribution in [3.63, 3.8) is 0 Å². The first-order valence-electron chi connectivity index (χ1n) is 12.1. The third-order valence-corrected chi connectivity index (χ3v) is 6.14. The lowest BCUT2D eigenvalue weighted by molar-refractivity contribution is -0.140. The first-order valence-corrected chi connectivity index (χ1v) is 12.1. The van der Waals surface area contributed by atoms with Crippen LogP contribution in [-0.2, 0) is 22.3 Å². The van der Waals surface area contributed by atoms with Crippen LogP contribution in [0.4, 0.5) is 13.2 Å². The molecule has 1 aromatic heterocycles. The summed E-state index contributed by atoms with van der Waals surface area (Å²) in [7, 11) is 0. The molecule has 0 spiro atoms. The number of aliphatic hydroxyl groups excluding tert-OH is 1. The van der Waals surface area contributed by atoms with E-state index in [1.165, 1.54) is 18.3 Å². The maximum Gasteiger partial charge on any atom is 0.416 e. The van der Waals surface area contributed by atoms with Gasteiger partial charge in [-0.2, -0.15) is 13.2 Å². The minimum atomic E-state index is -4.56. The minimum Gasteiger partial charge on any atom is -0.507 e. The second-order valence-corrected chi connectivity index (χ2v) is 9.56. The van der Waals surface area contributed by atoms with Crippen molar-refractivity contribution in [2.24, 2.45) is 5.92 Å². The number of rotatable bonds is 7. The van der Waals surface area contributed by atoms with Gasteiger partial charge in [0.1, 0.15) is 17.6 Å². The number of halogens is 3. The van der Waals surface area contributed by atoms with Crippen LogP contribution in [0.15, 0.2) is 72.4 Å². The molecular weight excluding hydrogens is 497 g/mol. The Bertz CT molecular complexity index is 1380. The minimum absolute atomic E-state index is 0.184. The average Bonchev–Trinajstić information content (AvgIpc) is 3.12. The van der Waals surface area contributed by atoms with Crippen molar-refractivity contribution in [2.75, 3.05) is 6.61 Å². The number of hydrogen-bond donors (Lipinski definition) is 1. The van der Waals surface area contributed by atoms with Gasteiger partial charge in [-0.05, 0) is 66.4 Å². The Labute approximate surface area is 218 Å². The second-order valence-electron chi connectivity index (χ2n) is 9.56. The largest absolute Gasteiger partial charge is 0.507 e. The van der Waals surface area contributed by atoms with Crippen molar-refractivity contribution in [2.45, 2.75) is 39.5 Å². The van der Waals surface area contributed by atoms with E-state index in [1.54, 1.807) is 43.3 Å². The van der Waals surface area contributed by atoms with Gasteiger partial charge in [-0.25, -0.2) is 0 Å². The molecule has 1 saturated heterocycles. The number of benzene rings is 2. The zero-order valence-electron chi connectivity index (χ0n) is 21.1. The van der Waals surface area contributed by atoms with Gasteiger partial charge in [0.05, 0.1) is 23.4 Å². The number of aliphatic hydroxyl groups is 1. The third-order valence-electron chi connectivity index (χ3n) is 6.14. The lowest BCUT2D eigenvalue weighted by Crippen LogP contribution is -2.29. The number of likely N-dealkylation sites (tertiary alicyclic amines) is 1.